The summed E-state index contributed by atoms with van der Waals surface area (Å²) in [6.07, 6.45) is 11.5. The standard InChI is InChI=1S/C24H35NO/c1-2-3-4-10-15-24(26)16-11-5-7-12-21-17-19-23(20-18-21)25-22-13-8-6-9-14-22/h6,8-9,13-14,17-20,24-26H,2-5,7,10-12,15-16H2,1H3. The minimum atomic E-state index is -0.0878. The lowest BCUT2D eigenvalue weighted by atomic mass is 10.0. The minimum Gasteiger partial charge on any atom is -0.393 e. The van der Waals surface area contributed by atoms with Gasteiger partial charge in [-0.15, -0.1) is 0 Å². The molecule has 0 saturated heterocycles. The second-order valence-electron chi connectivity index (χ2n) is 7.29. The topological polar surface area (TPSA) is 32.3 Å². The molecule has 2 N–H and O–H groups in total. The Morgan fingerprint density at radius 3 is 2.00 bits per heavy atom. The van der Waals surface area contributed by atoms with Gasteiger partial charge in [-0.05, 0) is 55.5 Å². The van der Waals surface area contributed by atoms with Crippen molar-refractivity contribution in [2.45, 2.75) is 77.2 Å². The maximum absolute atomic E-state index is 10.0. The number of hydrogen-bond donors (Lipinski definition) is 2. The van der Waals surface area contributed by atoms with Crippen LogP contribution in [0.5, 0.6) is 0 Å². The molecule has 0 heterocycles. The minimum absolute atomic E-state index is 0.0878. The zero-order valence-corrected chi connectivity index (χ0v) is 16.3. The summed E-state index contributed by atoms with van der Waals surface area (Å²) in [5.41, 5.74) is 3.64. The van der Waals surface area contributed by atoms with Crippen LogP contribution in [0, 0.1) is 0 Å². The monoisotopic (exact) mass is 353 g/mol. The highest BCUT2D eigenvalue weighted by Crippen LogP contribution is 2.18. The zero-order chi connectivity index (χ0) is 18.5. The van der Waals surface area contributed by atoms with E-state index in [1.54, 1.807) is 0 Å². The molecule has 0 aliphatic heterocycles. The Kier molecular flexibility index (Phi) is 9.89. The van der Waals surface area contributed by atoms with Gasteiger partial charge in [0, 0.05) is 11.4 Å². The summed E-state index contributed by atoms with van der Waals surface area (Å²) >= 11 is 0. The van der Waals surface area contributed by atoms with Gasteiger partial charge in [-0.2, -0.15) is 0 Å². The third kappa shape index (κ3) is 8.53. The molecule has 1 unspecified atom stereocenters. The number of aryl methyl sites for hydroxylation is 1. The van der Waals surface area contributed by atoms with E-state index in [0.29, 0.717) is 0 Å². The summed E-state index contributed by atoms with van der Waals surface area (Å²) < 4.78 is 0. The second-order valence-corrected chi connectivity index (χ2v) is 7.29. The van der Waals surface area contributed by atoms with E-state index in [0.717, 1.165) is 37.1 Å². The van der Waals surface area contributed by atoms with Crippen molar-refractivity contribution in [3.8, 4) is 0 Å². The highest BCUT2D eigenvalue weighted by atomic mass is 16.3. The molecular weight excluding hydrogens is 318 g/mol. The van der Waals surface area contributed by atoms with Gasteiger partial charge in [0.25, 0.3) is 0 Å². The molecule has 26 heavy (non-hydrogen) atoms. The number of nitrogens with one attached hydrogen (secondary N) is 1. The predicted octanol–water partition coefficient (Wildman–Crippen LogP) is 6.86. The molecule has 2 aromatic carbocycles. The van der Waals surface area contributed by atoms with E-state index < -0.39 is 0 Å². The SMILES string of the molecule is CCCCCCC(O)CCCCCc1ccc(Nc2ccccc2)cc1. The van der Waals surface area contributed by atoms with Crippen molar-refractivity contribution in [2.24, 2.45) is 0 Å². The number of aliphatic hydroxyl groups excluding tert-OH is 1. The van der Waals surface area contributed by atoms with E-state index in [4.69, 9.17) is 0 Å². The Morgan fingerprint density at radius 1 is 0.731 bits per heavy atom. The fourth-order valence-corrected chi connectivity index (χ4v) is 3.28. The van der Waals surface area contributed by atoms with Crippen LogP contribution in [0.25, 0.3) is 0 Å². The van der Waals surface area contributed by atoms with Crippen LogP contribution in [0.15, 0.2) is 54.6 Å². The van der Waals surface area contributed by atoms with E-state index in [1.807, 2.05) is 18.2 Å². The molecule has 0 aliphatic carbocycles. The van der Waals surface area contributed by atoms with E-state index in [1.165, 1.54) is 44.1 Å². The molecule has 0 aromatic heterocycles. The Morgan fingerprint density at radius 2 is 1.35 bits per heavy atom. The summed E-state index contributed by atoms with van der Waals surface area (Å²) in [4.78, 5) is 0. The van der Waals surface area contributed by atoms with Gasteiger partial charge in [-0.3, -0.25) is 0 Å². The lowest BCUT2D eigenvalue weighted by Crippen LogP contribution is -2.06. The summed E-state index contributed by atoms with van der Waals surface area (Å²) in [7, 11) is 0. The Bertz CT molecular complexity index is 579. The largest absolute Gasteiger partial charge is 0.393 e. The van der Waals surface area contributed by atoms with Crippen LogP contribution in [0.2, 0.25) is 0 Å². The lowest BCUT2D eigenvalue weighted by molar-refractivity contribution is 0.147. The van der Waals surface area contributed by atoms with Gasteiger partial charge in [0.05, 0.1) is 6.10 Å². The third-order valence-corrected chi connectivity index (χ3v) is 4.91. The van der Waals surface area contributed by atoms with Gasteiger partial charge in [-0.1, -0.05) is 75.8 Å². The number of unbranched alkanes of at least 4 members (excludes halogenated alkanes) is 5. The fourth-order valence-electron chi connectivity index (χ4n) is 3.28. The molecule has 0 radical (unpaired) electrons. The van der Waals surface area contributed by atoms with E-state index in [9.17, 15) is 5.11 Å². The molecular formula is C24H35NO. The van der Waals surface area contributed by atoms with Crippen molar-refractivity contribution in [3.63, 3.8) is 0 Å². The van der Waals surface area contributed by atoms with E-state index in [2.05, 4.69) is 48.6 Å². The van der Waals surface area contributed by atoms with Gasteiger partial charge in [0.1, 0.15) is 0 Å². The molecule has 2 aromatic rings. The quantitative estimate of drug-likeness (QED) is 0.385. The van der Waals surface area contributed by atoms with Crippen LogP contribution >= 0.6 is 0 Å². The van der Waals surface area contributed by atoms with Crippen LogP contribution in [-0.2, 0) is 6.42 Å². The highest BCUT2D eigenvalue weighted by Gasteiger charge is 2.03. The van der Waals surface area contributed by atoms with Crippen molar-refractivity contribution < 1.29 is 5.11 Å². The average molecular weight is 354 g/mol. The van der Waals surface area contributed by atoms with Crippen LogP contribution in [0.3, 0.4) is 0 Å². The van der Waals surface area contributed by atoms with Crippen LogP contribution in [0.4, 0.5) is 11.4 Å². The number of para-hydroxylation sites is 1. The van der Waals surface area contributed by atoms with E-state index in [-0.39, 0.29) is 6.10 Å². The second kappa shape index (κ2) is 12.5. The molecule has 2 rings (SSSR count). The number of anilines is 2. The molecule has 0 bridgehead atoms. The van der Waals surface area contributed by atoms with Crippen LogP contribution in [-0.4, -0.2) is 11.2 Å². The van der Waals surface area contributed by atoms with Crippen LogP contribution < -0.4 is 5.32 Å². The highest BCUT2D eigenvalue weighted by molar-refractivity contribution is 5.59. The third-order valence-electron chi connectivity index (χ3n) is 4.91. The van der Waals surface area contributed by atoms with Crippen LogP contribution in [0.1, 0.15) is 70.3 Å². The van der Waals surface area contributed by atoms with Crippen molar-refractivity contribution >= 4 is 11.4 Å². The smallest absolute Gasteiger partial charge is 0.0540 e. The molecule has 2 nitrogen and oxygen atoms in total. The van der Waals surface area contributed by atoms with Crippen molar-refractivity contribution in [3.05, 3.63) is 60.2 Å². The molecule has 0 aliphatic rings. The van der Waals surface area contributed by atoms with Crippen molar-refractivity contribution in [2.75, 3.05) is 5.32 Å². The molecule has 2 heteroatoms. The van der Waals surface area contributed by atoms with Gasteiger partial charge >= 0.3 is 0 Å². The molecule has 142 valence electrons. The Labute approximate surface area is 159 Å². The first-order valence-electron chi connectivity index (χ1n) is 10.4. The zero-order valence-electron chi connectivity index (χ0n) is 16.3. The number of aliphatic hydroxyl groups is 1. The van der Waals surface area contributed by atoms with Crippen molar-refractivity contribution in [1.82, 2.24) is 0 Å². The van der Waals surface area contributed by atoms with Gasteiger partial charge in [0.2, 0.25) is 0 Å². The predicted molar refractivity (Wildman–Crippen MR) is 113 cm³/mol. The molecule has 0 saturated carbocycles. The molecule has 0 spiro atoms. The summed E-state index contributed by atoms with van der Waals surface area (Å²) in [5, 5.41) is 13.4. The first-order chi connectivity index (χ1) is 12.8. The average Bonchev–Trinajstić information content (AvgIpc) is 2.67. The normalized spacial score (nSPS) is 12.1. The molecule has 0 amide bonds. The molecule has 1 atom stereocenters. The summed E-state index contributed by atoms with van der Waals surface area (Å²) in [6.45, 7) is 2.23. The van der Waals surface area contributed by atoms with Gasteiger partial charge in [0.15, 0.2) is 0 Å². The number of hydrogen-bond acceptors (Lipinski definition) is 2. The molecule has 0 fully saturated rings. The maximum atomic E-state index is 10.0. The van der Waals surface area contributed by atoms with Crippen molar-refractivity contribution in [1.29, 1.82) is 0 Å². The Hall–Kier alpha value is -1.80. The summed E-state index contributed by atoms with van der Waals surface area (Å²) in [6, 6.07) is 19.0. The maximum Gasteiger partial charge on any atom is 0.0540 e. The first kappa shape index (κ1) is 20.5. The Balaban J connectivity index is 1.57. The fraction of sp³-hybridized carbons (Fsp3) is 0.500. The number of benzene rings is 2. The van der Waals surface area contributed by atoms with Gasteiger partial charge in [-0.25, -0.2) is 0 Å². The first-order valence-corrected chi connectivity index (χ1v) is 10.4. The lowest BCUT2D eigenvalue weighted by Gasteiger charge is -2.10. The van der Waals surface area contributed by atoms with Gasteiger partial charge < -0.3 is 10.4 Å². The number of rotatable bonds is 13. The summed E-state index contributed by atoms with van der Waals surface area (Å²) in [5.74, 6) is 0. The van der Waals surface area contributed by atoms with E-state index >= 15 is 0 Å².